The van der Waals surface area contributed by atoms with Crippen molar-refractivity contribution < 1.29 is 13.2 Å². The minimum Gasteiger partial charge on any atom is -0.368 e. The van der Waals surface area contributed by atoms with E-state index in [4.69, 9.17) is 28.9 Å². The molecule has 1 aliphatic heterocycles. The molecule has 0 amide bonds. The van der Waals surface area contributed by atoms with E-state index >= 15 is 0 Å². The predicted molar refractivity (Wildman–Crippen MR) is 110 cm³/mol. The first-order chi connectivity index (χ1) is 14.6. The first kappa shape index (κ1) is 21.5. The molecule has 7 nitrogen and oxygen atoms in total. The van der Waals surface area contributed by atoms with Crippen molar-refractivity contribution in [2.45, 2.75) is 25.7 Å². The fourth-order valence-electron chi connectivity index (χ4n) is 3.37. The van der Waals surface area contributed by atoms with Gasteiger partial charge in [0.25, 0.3) is 5.56 Å². The summed E-state index contributed by atoms with van der Waals surface area (Å²) in [6.07, 6.45) is -3.96. The van der Waals surface area contributed by atoms with Gasteiger partial charge in [-0.15, -0.1) is 0 Å². The molecule has 0 aliphatic carbocycles. The molecule has 0 saturated heterocycles. The number of nitrogens with one attached hydrogen (secondary N) is 1. The van der Waals surface area contributed by atoms with E-state index in [0.717, 1.165) is 12.1 Å². The monoisotopic (exact) mass is 470 g/mol. The number of nitrogens with two attached hydrogens (primary N) is 1. The van der Waals surface area contributed by atoms with Gasteiger partial charge in [0.1, 0.15) is 16.1 Å². The number of hydrogen-bond acceptors (Lipinski definition) is 6. The summed E-state index contributed by atoms with van der Waals surface area (Å²) in [5.74, 6) is 0.197. The van der Waals surface area contributed by atoms with Crippen LogP contribution in [-0.4, -0.2) is 31.4 Å². The molecule has 1 aromatic carbocycles. The number of aromatic amines is 1. The van der Waals surface area contributed by atoms with Gasteiger partial charge in [-0.05, 0) is 12.1 Å². The van der Waals surface area contributed by atoms with Crippen LogP contribution in [0.4, 0.5) is 19.1 Å². The van der Waals surface area contributed by atoms with Gasteiger partial charge >= 0.3 is 6.18 Å². The van der Waals surface area contributed by atoms with Crippen molar-refractivity contribution in [3.8, 4) is 11.4 Å². The zero-order valence-electron chi connectivity index (χ0n) is 15.8. The Morgan fingerprint density at radius 1 is 1.10 bits per heavy atom. The maximum atomic E-state index is 12.8. The summed E-state index contributed by atoms with van der Waals surface area (Å²) in [5.41, 5.74) is 6.38. The normalized spacial score (nSPS) is 14.5. The van der Waals surface area contributed by atoms with E-state index in [1.165, 1.54) is 12.1 Å². The number of aromatic nitrogens is 4. The topological polar surface area (TPSA) is 101 Å². The van der Waals surface area contributed by atoms with Crippen LogP contribution in [0, 0.1) is 0 Å². The van der Waals surface area contributed by atoms with Gasteiger partial charge in [-0.2, -0.15) is 13.2 Å². The van der Waals surface area contributed by atoms with Gasteiger partial charge in [-0.1, -0.05) is 35.3 Å². The third-order valence-corrected chi connectivity index (χ3v) is 5.56. The number of rotatable bonds is 3. The maximum Gasteiger partial charge on any atom is 0.416 e. The Hall–Kier alpha value is -2.69. The summed E-state index contributed by atoms with van der Waals surface area (Å²) in [6.45, 7) is 1.17. The summed E-state index contributed by atoms with van der Waals surface area (Å²) in [7, 11) is 0. The Bertz CT molecular complexity index is 1170. The molecule has 0 saturated carbocycles. The molecule has 3 aromatic rings. The smallest absolute Gasteiger partial charge is 0.368 e. The maximum absolute atomic E-state index is 12.8. The van der Waals surface area contributed by atoms with E-state index < -0.39 is 11.7 Å². The third kappa shape index (κ3) is 4.51. The molecule has 0 bridgehead atoms. The molecule has 0 unspecified atom stereocenters. The molecule has 0 fully saturated rings. The molecule has 4 rings (SSSR count). The number of hydrogen-bond donors (Lipinski definition) is 2. The lowest BCUT2D eigenvalue weighted by molar-refractivity contribution is -0.137. The van der Waals surface area contributed by atoms with Crippen LogP contribution in [0.2, 0.25) is 10.3 Å². The van der Waals surface area contributed by atoms with Gasteiger partial charge in [-0.3, -0.25) is 9.69 Å². The van der Waals surface area contributed by atoms with E-state index in [1.807, 2.05) is 4.90 Å². The quantitative estimate of drug-likeness (QED) is 0.566. The SMILES string of the molecule is Nc1nc(Cl)c(CN2CCc3nc(-c4ccc(C(F)(F)F)cc4)[nH]c(=O)c3C2)c(Cl)n1. The molecule has 12 heteroatoms. The second kappa shape index (κ2) is 8.10. The Labute approximate surface area is 184 Å². The largest absolute Gasteiger partial charge is 0.416 e. The van der Waals surface area contributed by atoms with E-state index in [9.17, 15) is 18.0 Å². The lowest BCUT2D eigenvalue weighted by Crippen LogP contribution is -2.35. The lowest BCUT2D eigenvalue weighted by Gasteiger charge is -2.28. The van der Waals surface area contributed by atoms with Crippen LogP contribution < -0.4 is 11.3 Å². The van der Waals surface area contributed by atoms with Crippen molar-refractivity contribution in [3.63, 3.8) is 0 Å². The third-order valence-electron chi connectivity index (χ3n) is 4.94. The Kier molecular flexibility index (Phi) is 5.63. The number of nitrogen functional groups attached to an aromatic ring is 1. The first-order valence-electron chi connectivity index (χ1n) is 9.11. The molecule has 31 heavy (non-hydrogen) atoms. The van der Waals surface area contributed by atoms with Crippen LogP contribution in [0.25, 0.3) is 11.4 Å². The van der Waals surface area contributed by atoms with E-state index in [0.29, 0.717) is 48.4 Å². The van der Waals surface area contributed by atoms with Crippen LogP contribution >= 0.6 is 23.2 Å². The molecule has 0 spiro atoms. The highest BCUT2D eigenvalue weighted by Gasteiger charge is 2.30. The summed E-state index contributed by atoms with van der Waals surface area (Å²) in [6, 6.07) is 4.48. The van der Waals surface area contributed by atoms with Crippen LogP contribution in [0.3, 0.4) is 0 Å². The van der Waals surface area contributed by atoms with Crippen LogP contribution in [0.15, 0.2) is 29.1 Å². The van der Waals surface area contributed by atoms with Crippen molar-refractivity contribution in [2.24, 2.45) is 0 Å². The highest BCUT2D eigenvalue weighted by atomic mass is 35.5. The number of fused-ring (bicyclic) bond motifs is 1. The van der Waals surface area contributed by atoms with Gasteiger partial charge in [0.15, 0.2) is 0 Å². The number of halogens is 5. The van der Waals surface area contributed by atoms with Crippen molar-refractivity contribution in [1.82, 2.24) is 24.8 Å². The Morgan fingerprint density at radius 2 is 1.74 bits per heavy atom. The van der Waals surface area contributed by atoms with Gasteiger partial charge < -0.3 is 10.7 Å². The molecular weight excluding hydrogens is 456 g/mol. The fraction of sp³-hybridized carbons (Fsp3) is 0.263. The van der Waals surface area contributed by atoms with Crippen molar-refractivity contribution in [1.29, 1.82) is 0 Å². The average Bonchev–Trinajstić information content (AvgIpc) is 2.70. The molecule has 3 heterocycles. The number of benzene rings is 1. The van der Waals surface area contributed by atoms with E-state index in [-0.39, 0.29) is 27.6 Å². The fourth-order valence-corrected chi connectivity index (χ4v) is 3.89. The first-order valence-corrected chi connectivity index (χ1v) is 9.87. The Morgan fingerprint density at radius 3 is 2.35 bits per heavy atom. The number of alkyl halides is 3. The van der Waals surface area contributed by atoms with Gasteiger partial charge in [0.2, 0.25) is 5.95 Å². The Balaban J connectivity index is 1.57. The second-order valence-corrected chi connectivity index (χ2v) is 7.73. The molecular formula is C19H15Cl2F3N6O. The van der Waals surface area contributed by atoms with Crippen molar-refractivity contribution >= 4 is 29.2 Å². The minimum atomic E-state index is -4.43. The standard InChI is InChI=1S/C19H15Cl2F3N6O/c20-14-12(15(21)28-18(25)27-14)8-30-6-5-13-11(7-30)17(31)29-16(26-13)9-1-3-10(4-2-9)19(22,23)24/h1-4H,5-8H2,(H2,25,27,28)(H,26,29,31). The number of H-pyrrole nitrogens is 1. The zero-order chi connectivity index (χ0) is 22.3. The summed E-state index contributed by atoms with van der Waals surface area (Å²) in [5, 5.41) is 0.293. The number of nitrogens with zero attached hydrogens (tertiary/aromatic N) is 4. The molecule has 162 valence electrons. The van der Waals surface area contributed by atoms with Gasteiger partial charge in [0, 0.05) is 37.2 Å². The number of anilines is 1. The molecule has 3 N–H and O–H groups in total. The van der Waals surface area contributed by atoms with Crippen LogP contribution in [-0.2, 0) is 25.7 Å². The highest BCUT2D eigenvalue weighted by molar-refractivity contribution is 6.34. The molecule has 0 atom stereocenters. The minimum absolute atomic E-state index is 0.0285. The average molecular weight is 471 g/mol. The zero-order valence-corrected chi connectivity index (χ0v) is 17.3. The molecule has 1 aliphatic rings. The van der Waals surface area contributed by atoms with Gasteiger partial charge in [-0.25, -0.2) is 15.0 Å². The summed E-state index contributed by atoms with van der Waals surface area (Å²) < 4.78 is 38.3. The summed E-state index contributed by atoms with van der Waals surface area (Å²) >= 11 is 12.2. The van der Waals surface area contributed by atoms with Crippen LogP contribution in [0.5, 0.6) is 0 Å². The lowest BCUT2D eigenvalue weighted by atomic mass is 10.1. The highest BCUT2D eigenvalue weighted by Crippen LogP contribution is 2.31. The molecule has 2 aromatic heterocycles. The predicted octanol–water partition coefficient (Wildman–Crippen LogP) is 3.69. The second-order valence-electron chi connectivity index (χ2n) is 7.02. The molecule has 0 radical (unpaired) electrons. The van der Waals surface area contributed by atoms with E-state index in [2.05, 4.69) is 19.9 Å². The van der Waals surface area contributed by atoms with E-state index in [1.54, 1.807) is 0 Å². The van der Waals surface area contributed by atoms with Crippen LogP contribution in [0.1, 0.15) is 22.4 Å². The van der Waals surface area contributed by atoms with Gasteiger partial charge in [0.05, 0.1) is 16.8 Å². The van der Waals surface area contributed by atoms with Crippen molar-refractivity contribution in [3.05, 3.63) is 67.3 Å². The summed E-state index contributed by atoms with van der Waals surface area (Å²) in [4.78, 5) is 29.5. The van der Waals surface area contributed by atoms with Crippen molar-refractivity contribution in [2.75, 3.05) is 12.3 Å².